The average Bonchev–Trinajstić information content (AvgIpc) is 2.27. The van der Waals surface area contributed by atoms with Gasteiger partial charge in [-0.3, -0.25) is 9.78 Å². The van der Waals surface area contributed by atoms with Crippen LogP contribution in [-0.4, -0.2) is 16.8 Å². The summed E-state index contributed by atoms with van der Waals surface area (Å²) in [6.07, 6.45) is 8.29. The Kier molecular flexibility index (Phi) is 5.57. The SMILES string of the molecule is CCCCOc1cncc(/C=C/C(=O)Cl)c1. The highest BCUT2D eigenvalue weighted by atomic mass is 35.5. The molecule has 16 heavy (non-hydrogen) atoms. The zero-order chi connectivity index (χ0) is 11.8. The third-order valence-electron chi connectivity index (χ3n) is 1.91. The van der Waals surface area contributed by atoms with Crippen LogP contribution < -0.4 is 4.74 Å². The Balaban J connectivity index is 2.60. The number of hydrogen-bond donors (Lipinski definition) is 0. The first-order valence-electron chi connectivity index (χ1n) is 5.17. The number of allylic oxidation sites excluding steroid dienone is 1. The normalized spacial score (nSPS) is 10.6. The van der Waals surface area contributed by atoms with Gasteiger partial charge in [-0.15, -0.1) is 0 Å². The molecule has 0 aliphatic heterocycles. The minimum atomic E-state index is -0.502. The summed E-state index contributed by atoms with van der Waals surface area (Å²) in [7, 11) is 0. The highest BCUT2D eigenvalue weighted by molar-refractivity contribution is 6.66. The van der Waals surface area contributed by atoms with Crippen molar-refractivity contribution in [3.05, 3.63) is 30.1 Å². The average molecular weight is 240 g/mol. The fourth-order valence-corrected chi connectivity index (χ4v) is 1.16. The maximum absolute atomic E-state index is 10.5. The van der Waals surface area contributed by atoms with Crippen molar-refractivity contribution in [3.8, 4) is 5.75 Å². The molecule has 4 heteroatoms. The van der Waals surface area contributed by atoms with E-state index in [9.17, 15) is 4.79 Å². The molecule has 1 heterocycles. The van der Waals surface area contributed by atoms with Gasteiger partial charge in [0.2, 0.25) is 5.24 Å². The van der Waals surface area contributed by atoms with Crippen molar-refractivity contribution in [1.29, 1.82) is 0 Å². The van der Waals surface area contributed by atoms with E-state index in [1.165, 1.54) is 6.08 Å². The Bertz CT molecular complexity index is 377. The van der Waals surface area contributed by atoms with Crippen molar-refractivity contribution >= 4 is 22.9 Å². The van der Waals surface area contributed by atoms with E-state index in [0.717, 1.165) is 18.4 Å². The highest BCUT2D eigenvalue weighted by Crippen LogP contribution is 2.13. The molecule has 0 saturated heterocycles. The van der Waals surface area contributed by atoms with E-state index >= 15 is 0 Å². The Morgan fingerprint density at radius 2 is 2.38 bits per heavy atom. The number of hydrogen-bond acceptors (Lipinski definition) is 3. The number of carbonyl (C=O) groups is 1. The van der Waals surface area contributed by atoms with Crippen molar-refractivity contribution in [1.82, 2.24) is 4.98 Å². The lowest BCUT2D eigenvalue weighted by atomic mass is 10.2. The van der Waals surface area contributed by atoms with Crippen LogP contribution in [0.5, 0.6) is 5.75 Å². The Morgan fingerprint density at radius 1 is 1.56 bits per heavy atom. The molecule has 3 nitrogen and oxygen atoms in total. The molecule has 0 aromatic carbocycles. The van der Waals surface area contributed by atoms with Crippen molar-refractivity contribution in [2.24, 2.45) is 0 Å². The second-order valence-corrected chi connectivity index (χ2v) is 3.67. The number of pyridine rings is 1. The number of unbranched alkanes of at least 4 members (excludes halogenated alkanes) is 1. The monoisotopic (exact) mass is 239 g/mol. The summed E-state index contributed by atoms with van der Waals surface area (Å²) < 4.78 is 5.48. The smallest absolute Gasteiger partial charge is 0.245 e. The van der Waals surface area contributed by atoms with Crippen molar-refractivity contribution in [2.75, 3.05) is 6.61 Å². The van der Waals surface area contributed by atoms with Crippen molar-refractivity contribution in [2.45, 2.75) is 19.8 Å². The van der Waals surface area contributed by atoms with Gasteiger partial charge in [0, 0.05) is 6.20 Å². The van der Waals surface area contributed by atoms with Gasteiger partial charge in [-0.2, -0.15) is 0 Å². The van der Waals surface area contributed by atoms with E-state index in [-0.39, 0.29) is 0 Å². The molecule has 0 N–H and O–H groups in total. The lowest BCUT2D eigenvalue weighted by molar-refractivity contribution is -0.107. The van der Waals surface area contributed by atoms with Crippen LogP contribution in [-0.2, 0) is 4.79 Å². The van der Waals surface area contributed by atoms with Crippen LogP contribution >= 0.6 is 11.6 Å². The molecular weight excluding hydrogens is 226 g/mol. The molecule has 0 fully saturated rings. The van der Waals surface area contributed by atoms with Crippen LogP contribution in [0.2, 0.25) is 0 Å². The first-order chi connectivity index (χ1) is 7.72. The zero-order valence-electron chi connectivity index (χ0n) is 9.15. The maximum Gasteiger partial charge on any atom is 0.245 e. The van der Waals surface area contributed by atoms with Crippen LogP contribution in [0.1, 0.15) is 25.3 Å². The number of carbonyl (C=O) groups excluding carboxylic acids is 1. The van der Waals surface area contributed by atoms with Crippen LogP contribution in [0.3, 0.4) is 0 Å². The zero-order valence-corrected chi connectivity index (χ0v) is 9.91. The highest BCUT2D eigenvalue weighted by Gasteiger charge is 1.96. The molecule has 1 rings (SSSR count). The van der Waals surface area contributed by atoms with Gasteiger partial charge in [0.25, 0.3) is 0 Å². The number of rotatable bonds is 6. The minimum absolute atomic E-state index is 0.502. The molecule has 0 saturated carbocycles. The fraction of sp³-hybridized carbons (Fsp3) is 0.333. The maximum atomic E-state index is 10.5. The van der Waals surface area contributed by atoms with E-state index in [2.05, 4.69) is 11.9 Å². The molecule has 0 bridgehead atoms. The van der Waals surface area contributed by atoms with Crippen LogP contribution in [0, 0.1) is 0 Å². The van der Waals surface area contributed by atoms with E-state index in [1.807, 2.05) is 6.07 Å². The van der Waals surface area contributed by atoms with Crippen molar-refractivity contribution < 1.29 is 9.53 Å². The first kappa shape index (κ1) is 12.7. The lowest BCUT2D eigenvalue weighted by Gasteiger charge is -2.04. The van der Waals surface area contributed by atoms with E-state index in [0.29, 0.717) is 12.4 Å². The second-order valence-electron chi connectivity index (χ2n) is 3.29. The lowest BCUT2D eigenvalue weighted by Crippen LogP contribution is -1.96. The molecule has 0 aliphatic carbocycles. The summed E-state index contributed by atoms with van der Waals surface area (Å²) in [5, 5.41) is -0.502. The molecule has 0 aliphatic rings. The number of ether oxygens (including phenoxy) is 1. The Labute approximate surface area is 100 Å². The molecule has 0 unspecified atom stereocenters. The molecule has 1 aromatic rings. The Hall–Kier alpha value is -1.35. The van der Waals surface area contributed by atoms with Crippen LogP contribution in [0.25, 0.3) is 6.08 Å². The predicted molar refractivity (Wildman–Crippen MR) is 64.5 cm³/mol. The van der Waals surface area contributed by atoms with Gasteiger partial charge in [-0.1, -0.05) is 13.3 Å². The molecule has 0 atom stereocenters. The largest absolute Gasteiger partial charge is 0.492 e. The van der Waals surface area contributed by atoms with E-state index in [1.54, 1.807) is 18.5 Å². The molecular formula is C12H14ClNO2. The van der Waals surface area contributed by atoms with Gasteiger partial charge in [-0.05, 0) is 41.8 Å². The van der Waals surface area contributed by atoms with Crippen molar-refractivity contribution in [3.63, 3.8) is 0 Å². The molecule has 0 spiro atoms. The molecule has 86 valence electrons. The third-order valence-corrected chi connectivity index (χ3v) is 2.03. The van der Waals surface area contributed by atoms with Gasteiger partial charge in [-0.25, -0.2) is 0 Å². The van der Waals surface area contributed by atoms with Gasteiger partial charge in [0.15, 0.2) is 0 Å². The predicted octanol–water partition coefficient (Wildman–Crippen LogP) is 3.04. The Morgan fingerprint density at radius 3 is 3.06 bits per heavy atom. The summed E-state index contributed by atoms with van der Waals surface area (Å²) in [6.45, 7) is 2.78. The summed E-state index contributed by atoms with van der Waals surface area (Å²) in [5.41, 5.74) is 0.794. The molecule has 0 radical (unpaired) electrons. The molecule has 0 amide bonds. The van der Waals surface area contributed by atoms with Gasteiger partial charge in [0.05, 0.1) is 12.8 Å². The summed E-state index contributed by atoms with van der Waals surface area (Å²) in [6, 6.07) is 1.82. The van der Waals surface area contributed by atoms with E-state index in [4.69, 9.17) is 16.3 Å². The molecule has 1 aromatic heterocycles. The quantitative estimate of drug-likeness (QED) is 0.435. The van der Waals surface area contributed by atoms with Crippen LogP contribution in [0.15, 0.2) is 24.5 Å². The van der Waals surface area contributed by atoms with E-state index < -0.39 is 5.24 Å². The van der Waals surface area contributed by atoms with Gasteiger partial charge < -0.3 is 4.74 Å². The van der Waals surface area contributed by atoms with Gasteiger partial charge in [0.1, 0.15) is 5.75 Å². The van der Waals surface area contributed by atoms with Gasteiger partial charge >= 0.3 is 0 Å². The first-order valence-corrected chi connectivity index (χ1v) is 5.55. The summed E-state index contributed by atoms with van der Waals surface area (Å²) in [4.78, 5) is 14.6. The standard InChI is InChI=1S/C12H14ClNO2/c1-2-3-6-16-11-7-10(8-14-9-11)4-5-12(13)15/h4-5,7-9H,2-3,6H2,1H3/b5-4+. The summed E-state index contributed by atoms with van der Waals surface area (Å²) >= 11 is 5.19. The summed E-state index contributed by atoms with van der Waals surface area (Å²) in [5.74, 6) is 0.706. The fourth-order valence-electron chi connectivity index (χ4n) is 1.10. The van der Waals surface area contributed by atoms with Crippen LogP contribution in [0.4, 0.5) is 0 Å². The third kappa shape index (κ3) is 4.94. The topological polar surface area (TPSA) is 39.2 Å². The number of halogens is 1. The number of aromatic nitrogens is 1. The number of nitrogens with zero attached hydrogens (tertiary/aromatic N) is 1. The second kappa shape index (κ2) is 7.01. The minimum Gasteiger partial charge on any atom is -0.492 e.